The van der Waals surface area contributed by atoms with Gasteiger partial charge in [-0.1, -0.05) is 0 Å². The minimum absolute atomic E-state index is 0.0582. The van der Waals surface area contributed by atoms with Crippen LogP contribution in [0.2, 0.25) is 0 Å². The normalized spacial score (nSPS) is 11.9. The van der Waals surface area contributed by atoms with Gasteiger partial charge >= 0.3 is 0 Å². The maximum atomic E-state index is 10.8. The van der Waals surface area contributed by atoms with Gasteiger partial charge in [0.05, 0.1) is 25.1 Å². The van der Waals surface area contributed by atoms with Gasteiger partial charge in [0.1, 0.15) is 9.84 Å². The van der Waals surface area contributed by atoms with E-state index in [0.717, 1.165) is 5.56 Å². The molecule has 1 aromatic rings. The number of nitrogens with one attached hydrogen (secondary N) is 1. The summed E-state index contributed by atoms with van der Waals surface area (Å²) < 4.78 is 23.3. The van der Waals surface area contributed by atoms with E-state index in [1.54, 1.807) is 10.9 Å². The molecule has 0 spiro atoms. The molecule has 0 saturated heterocycles. The van der Waals surface area contributed by atoms with E-state index in [1.807, 2.05) is 6.20 Å². The summed E-state index contributed by atoms with van der Waals surface area (Å²) in [5, 5.41) is 15.7. The molecule has 0 radical (unpaired) electrons. The van der Waals surface area contributed by atoms with Crippen LogP contribution in [0.25, 0.3) is 0 Å². The fraction of sp³-hybridized carbons (Fsp3) is 0.667. The van der Waals surface area contributed by atoms with E-state index in [0.29, 0.717) is 19.6 Å². The second-order valence-electron chi connectivity index (χ2n) is 3.64. The molecule has 1 heterocycles. The van der Waals surface area contributed by atoms with Gasteiger partial charge in [0.2, 0.25) is 0 Å². The first-order valence-corrected chi connectivity index (χ1v) is 7.08. The van der Waals surface area contributed by atoms with Crippen LogP contribution in [0.1, 0.15) is 5.56 Å². The average molecular weight is 247 g/mol. The summed E-state index contributed by atoms with van der Waals surface area (Å²) in [7, 11) is -2.90. The van der Waals surface area contributed by atoms with E-state index in [4.69, 9.17) is 5.11 Å². The van der Waals surface area contributed by atoms with Gasteiger partial charge in [0.15, 0.2) is 0 Å². The lowest BCUT2D eigenvalue weighted by atomic mass is 10.3. The lowest BCUT2D eigenvalue weighted by Gasteiger charge is -2.01. The predicted molar refractivity (Wildman–Crippen MR) is 60.7 cm³/mol. The Morgan fingerprint density at radius 2 is 2.31 bits per heavy atom. The van der Waals surface area contributed by atoms with Crippen molar-refractivity contribution in [3.63, 3.8) is 0 Å². The second-order valence-corrected chi connectivity index (χ2v) is 5.90. The van der Waals surface area contributed by atoms with Gasteiger partial charge in [-0.25, -0.2) is 8.42 Å². The topological polar surface area (TPSA) is 84.2 Å². The van der Waals surface area contributed by atoms with Gasteiger partial charge in [0.25, 0.3) is 0 Å². The molecular formula is C9H17N3O3S. The molecule has 1 rings (SSSR count). The van der Waals surface area contributed by atoms with E-state index in [9.17, 15) is 8.42 Å². The Hall–Kier alpha value is -0.920. The molecule has 0 fully saturated rings. The lowest BCUT2D eigenvalue weighted by molar-refractivity contribution is 0.269. The SMILES string of the molecule is CS(=O)(=O)CCNCc1cnn(CCO)c1. The average Bonchev–Trinajstić information content (AvgIpc) is 2.60. The number of aliphatic hydroxyl groups excluding tert-OH is 1. The zero-order chi connectivity index (χ0) is 12.0. The molecule has 0 unspecified atom stereocenters. The second kappa shape index (κ2) is 5.97. The number of hydrogen-bond donors (Lipinski definition) is 2. The Morgan fingerprint density at radius 1 is 1.56 bits per heavy atom. The lowest BCUT2D eigenvalue weighted by Crippen LogP contribution is -2.21. The zero-order valence-electron chi connectivity index (χ0n) is 9.26. The number of sulfone groups is 1. The van der Waals surface area contributed by atoms with Gasteiger partial charge in [-0.3, -0.25) is 4.68 Å². The van der Waals surface area contributed by atoms with Crippen LogP contribution in [0.15, 0.2) is 12.4 Å². The number of aliphatic hydroxyl groups is 1. The molecule has 0 aromatic carbocycles. The van der Waals surface area contributed by atoms with E-state index < -0.39 is 9.84 Å². The molecule has 92 valence electrons. The van der Waals surface area contributed by atoms with Crippen molar-refractivity contribution in [3.05, 3.63) is 18.0 Å². The van der Waals surface area contributed by atoms with E-state index >= 15 is 0 Å². The van der Waals surface area contributed by atoms with Crippen LogP contribution in [0, 0.1) is 0 Å². The number of rotatable bonds is 7. The van der Waals surface area contributed by atoms with Crippen molar-refractivity contribution in [3.8, 4) is 0 Å². The van der Waals surface area contributed by atoms with Crippen molar-refractivity contribution >= 4 is 9.84 Å². The van der Waals surface area contributed by atoms with E-state index in [-0.39, 0.29) is 12.4 Å². The largest absolute Gasteiger partial charge is 0.394 e. The molecule has 0 atom stereocenters. The Bertz CT molecular complexity index is 413. The molecule has 1 aromatic heterocycles. The van der Waals surface area contributed by atoms with Crippen molar-refractivity contribution in [2.24, 2.45) is 0 Å². The summed E-state index contributed by atoms with van der Waals surface area (Å²) >= 11 is 0. The Balaban J connectivity index is 2.26. The highest BCUT2D eigenvalue weighted by Crippen LogP contribution is 1.96. The third kappa shape index (κ3) is 5.24. The standard InChI is InChI=1S/C9H17N3O3S/c1-16(14,15)5-2-10-6-9-7-11-12(8-9)3-4-13/h7-8,10,13H,2-6H2,1H3. The first-order chi connectivity index (χ1) is 7.51. The van der Waals surface area contributed by atoms with Crippen molar-refractivity contribution < 1.29 is 13.5 Å². The predicted octanol–water partition coefficient (Wildman–Crippen LogP) is -0.990. The van der Waals surface area contributed by atoms with Crippen molar-refractivity contribution in [1.29, 1.82) is 0 Å². The highest BCUT2D eigenvalue weighted by atomic mass is 32.2. The van der Waals surface area contributed by atoms with E-state index in [2.05, 4.69) is 10.4 Å². The summed E-state index contributed by atoms with van der Waals surface area (Å²) in [6.45, 7) is 1.55. The van der Waals surface area contributed by atoms with Crippen LogP contribution in [0.5, 0.6) is 0 Å². The Morgan fingerprint density at radius 3 is 2.94 bits per heavy atom. The smallest absolute Gasteiger partial charge is 0.148 e. The number of hydrogen-bond acceptors (Lipinski definition) is 5. The van der Waals surface area contributed by atoms with Crippen molar-refractivity contribution in [2.45, 2.75) is 13.1 Å². The maximum Gasteiger partial charge on any atom is 0.148 e. The zero-order valence-corrected chi connectivity index (χ0v) is 10.1. The molecular weight excluding hydrogens is 230 g/mol. The molecule has 0 bridgehead atoms. The molecule has 0 aliphatic carbocycles. The number of aromatic nitrogens is 2. The minimum atomic E-state index is -2.90. The van der Waals surface area contributed by atoms with Crippen LogP contribution in [0.4, 0.5) is 0 Å². The quantitative estimate of drug-likeness (QED) is 0.604. The van der Waals surface area contributed by atoms with Crippen molar-refractivity contribution in [1.82, 2.24) is 15.1 Å². The van der Waals surface area contributed by atoms with Gasteiger partial charge in [-0.15, -0.1) is 0 Å². The molecule has 16 heavy (non-hydrogen) atoms. The fourth-order valence-corrected chi connectivity index (χ4v) is 1.73. The summed E-state index contributed by atoms with van der Waals surface area (Å²) in [5.41, 5.74) is 0.974. The number of nitrogens with zero attached hydrogens (tertiary/aromatic N) is 2. The van der Waals surface area contributed by atoms with Crippen LogP contribution in [0.3, 0.4) is 0 Å². The minimum Gasteiger partial charge on any atom is -0.394 e. The molecule has 0 saturated carbocycles. The summed E-state index contributed by atoms with van der Waals surface area (Å²) in [6.07, 6.45) is 4.74. The highest BCUT2D eigenvalue weighted by Gasteiger charge is 2.02. The van der Waals surface area contributed by atoms with Crippen LogP contribution in [-0.4, -0.2) is 48.5 Å². The molecule has 0 amide bonds. The van der Waals surface area contributed by atoms with Crippen LogP contribution in [-0.2, 0) is 22.9 Å². The first kappa shape index (κ1) is 13.1. The summed E-state index contributed by atoms with van der Waals surface area (Å²) in [4.78, 5) is 0. The molecule has 0 aliphatic rings. The van der Waals surface area contributed by atoms with Gasteiger partial charge < -0.3 is 10.4 Å². The molecule has 0 aliphatic heterocycles. The molecule has 7 heteroatoms. The Kier molecular flexibility index (Phi) is 4.91. The first-order valence-electron chi connectivity index (χ1n) is 5.02. The van der Waals surface area contributed by atoms with E-state index in [1.165, 1.54) is 6.26 Å². The summed E-state index contributed by atoms with van der Waals surface area (Å²) in [5.74, 6) is 0.137. The fourth-order valence-electron chi connectivity index (χ4n) is 1.21. The monoisotopic (exact) mass is 247 g/mol. The third-order valence-electron chi connectivity index (χ3n) is 1.99. The van der Waals surface area contributed by atoms with Gasteiger partial charge in [0, 0.05) is 31.1 Å². The molecule has 6 nitrogen and oxygen atoms in total. The van der Waals surface area contributed by atoms with Crippen LogP contribution < -0.4 is 5.32 Å². The molecule has 2 N–H and O–H groups in total. The third-order valence-corrected chi connectivity index (χ3v) is 2.94. The van der Waals surface area contributed by atoms with Gasteiger partial charge in [-0.05, 0) is 0 Å². The van der Waals surface area contributed by atoms with Gasteiger partial charge in [-0.2, -0.15) is 5.10 Å². The Labute approximate surface area is 95.2 Å². The van der Waals surface area contributed by atoms with Crippen LogP contribution >= 0.6 is 0 Å². The maximum absolute atomic E-state index is 10.8. The van der Waals surface area contributed by atoms with Crippen molar-refractivity contribution in [2.75, 3.05) is 25.2 Å². The summed E-state index contributed by atoms with van der Waals surface area (Å²) in [6, 6.07) is 0. The highest BCUT2D eigenvalue weighted by molar-refractivity contribution is 7.90.